The summed E-state index contributed by atoms with van der Waals surface area (Å²) >= 11 is 0. The molecule has 0 spiro atoms. The van der Waals surface area contributed by atoms with Gasteiger partial charge in [-0.2, -0.15) is 0 Å². The van der Waals surface area contributed by atoms with Crippen LogP contribution in [0.25, 0.3) is 11.2 Å². The largest absolute Gasteiger partial charge is 0.361 e. The molecule has 3 heterocycles. The first kappa shape index (κ1) is 20.8. The smallest absolute Gasteiger partial charge is 0.320 e. The predicted octanol–water partition coefficient (Wildman–Crippen LogP) is 3.01. The molecule has 1 fully saturated rings. The summed E-state index contributed by atoms with van der Waals surface area (Å²) in [6.45, 7) is 10.2. The van der Waals surface area contributed by atoms with Crippen LogP contribution in [0.1, 0.15) is 19.3 Å². The Kier molecular flexibility index (Phi) is 7.03. The van der Waals surface area contributed by atoms with Gasteiger partial charge in [0, 0.05) is 26.9 Å². The van der Waals surface area contributed by atoms with Crippen molar-refractivity contribution in [2.45, 2.75) is 57.7 Å². The Morgan fingerprint density at radius 3 is 3.04 bits per heavy atom. The third-order valence-corrected chi connectivity index (χ3v) is 6.55. The number of ether oxygens (including phenoxy) is 1. The van der Waals surface area contributed by atoms with Crippen LogP contribution in [-0.2, 0) is 11.5 Å². The van der Waals surface area contributed by atoms with E-state index in [9.17, 15) is 4.79 Å². The molecule has 1 unspecified atom stereocenters. The molecule has 2 aromatic heterocycles. The van der Waals surface area contributed by atoms with Crippen molar-refractivity contribution in [2.75, 3.05) is 25.0 Å². The van der Waals surface area contributed by atoms with Gasteiger partial charge in [-0.15, -0.1) is 0 Å². The Morgan fingerprint density at radius 1 is 1.36 bits per heavy atom. The van der Waals surface area contributed by atoms with Gasteiger partial charge < -0.3 is 19.9 Å². The van der Waals surface area contributed by atoms with E-state index in [0.29, 0.717) is 12.5 Å². The van der Waals surface area contributed by atoms with Crippen LogP contribution in [0.3, 0.4) is 0 Å². The average Bonchev–Trinajstić information content (AvgIpc) is 2.84. The molecule has 1 atom stereocenters. The predicted molar refractivity (Wildman–Crippen MR) is 114 cm³/mol. The van der Waals surface area contributed by atoms with Crippen molar-refractivity contribution >= 4 is 31.1 Å². The van der Waals surface area contributed by atoms with E-state index >= 15 is 0 Å². The van der Waals surface area contributed by atoms with Crippen LogP contribution in [0.2, 0.25) is 25.7 Å². The molecule has 28 heavy (non-hydrogen) atoms. The maximum Gasteiger partial charge on any atom is 0.320 e. The number of nitrogens with one attached hydrogen (secondary N) is 3. The molecule has 0 saturated carbocycles. The van der Waals surface area contributed by atoms with Crippen molar-refractivity contribution in [2.24, 2.45) is 0 Å². The van der Waals surface area contributed by atoms with E-state index in [1.54, 1.807) is 6.20 Å². The lowest BCUT2D eigenvalue weighted by molar-refractivity contribution is 0.0899. The normalized spacial score (nSPS) is 18.0. The highest BCUT2D eigenvalue weighted by Gasteiger charge is 2.15. The molecule has 0 aromatic carbocycles. The van der Waals surface area contributed by atoms with Crippen molar-refractivity contribution in [1.82, 2.24) is 25.2 Å². The Morgan fingerprint density at radius 2 is 2.21 bits per heavy atom. The zero-order valence-corrected chi connectivity index (χ0v) is 18.1. The Hall–Kier alpha value is -1.97. The molecule has 9 heteroatoms. The first-order valence-corrected chi connectivity index (χ1v) is 13.8. The van der Waals surface area contributed by atoms with Gasteiger partial charge in [-0.1, -0.05) is 19.6 Å². The van der Waals surface area contributed by atoms with E-state index in [2.05, 4.69) is 45.6 Å². The fourth-order valence-corrected chi connectivity index (χ4v) is 3.92. The highest BCUT2D eigenvalue weighted by Crippen LogP contribution is 2.15. The molecule has 0 aliphatic carbocycles. The Labute approximate surface area is 167 Å². The highest BCUT2D eigenvalue weighted by atomic mass is 28.3. The molecule has 1 aliphatic rings. The molecule has 8 nitrogen and oxygen atoms in total. The summed E-state index contributed by atoms with van der Waals surface area (Å²) in [4.78, 5) is 21.2. The number of urea groups is 1. The van der Waals surface area contributed by atoms with Gasteiger partial charge in [0.1, 0.15) is 12.2 Å². The Bertz CT molecular complexity index is 780. The van der Waals surface area contributed by atoms with Gasteiger partial charge in [-0.3, -0.25) is 5.32 Å². The Balaban J connectivity index is 1.53. The molecule has 2 aromatic rings. The first-order chi connectivity index (χ1) is 13.4. The minimum atomic E-state index is -1.09. The minimum Gasteiger partial charge on any atom is -0.361 e. The number of amides is 2. The summed E-state index contributed by atoms with van der Waals surface area (Å²) in [7, 11) is -1.09. The summed E-state index contributed by atoms with van der Waals surface area (Å²) in [6, 6.07) is 3.00. The number of rotatable bonds is 7. The molecule has 154 valence electrons. The molecule has 3 rings (SSSR count). The minimum absolute atomic E-state index is 0.195. The van der Waals surface area contributed by atoms with E-state index in [0.717, 1.165) is 56.2 Å². The monoisotopic (exact) mass is 404 g/mol. The number of hydrogen-bond donors (Lipinski definition) is 3. The van der Waals surface area contributed by atoms with Gasteiger partial charge >= 0.3 is 6.03 Å². The second-order valence-electron chi connectivity index (χ2n) is 8.57. The maximum absolute atomic E-state index is 12.3. The lowest BCUT2D eigenvalue weighted by Crippen LogP contribution is -2.38. The van der Waals surface area contributed by atoms with Gasteiger partial charge in [0.25, 0.3) is 0 Å². The van der Waals surface area contributed by atoms with Crippen molar-refractivity contribution in [3.8, 4) is 0 Å². The molecular weight excluding hydrogens is 372 g/mol. The molecule has 3 N–H and O–H groups in total. The van der Waals surface area contributed by atoms with Crippen molar-refractivity contribution in [3.63, 3.8) is 0 Å². The summed E-state index contributed by atoms with van der Waals surface area (Å²) < 4.78 is 7.74. The van der Waals surface area contributed by atoms with E-state index in [1.807, 2.05) is 16.8 Å². The van der Waals surface area contributed by atoms with Crippen LogP contribution in [0, 0.1) is 0 Å². The van der Waals surface area contributed by atoms with E-state index in [-0.39, 0.29) is 12.1 Å². The van der Waals surface area contributed by atoms with Gasteiger partial charge in [0.15, 0.2) is 11.5 Å². The quantitative estimate of drug-likeness (QED) is 0.487. The number of aromatic nitrogens is 3. The van der Waals surface area contributed by atoms with Crippen LogP contribution < -0.4 is 16.0 Å². The van der Waals surface area contributed by atoms with Crippen LogP contribution in [0.15, 0.2) is 18.5 Å². The van der Waals surface area contributed by atoms with E-state index in [4.69, 9.17) is 4.74 Å². The topological polar surface area (TPSA) is 93.1 Å². The van der Waals surface area contributed by atoms with E-state index in [1.165, 1.54) is 0 Å². The lowest BCUT2D eigenvalue weighted by atomic mass is 10.1. The number of carbonyl (C=O) groups excluding carboxylic acids is 1. The van der Waals surface area contributed by atoms with Gasteiger partial charge in [-0.25, -0.2) is 14.8 Å². The molecule has 1 aliphatic heterocycles. The van der Waals surface area contributed by atoms with Crippen molar-refractivity contribution in [1.29, 1.82) is 0 Å². The van der Waals surface area contributed by atoms with Gasteiger partial charge in [0.2, 0.25) is 0 Å². The van der Waals surface area contributed by atoms with Crippen molar-refractivity contribution in [3.05, 3.63) is 18.5 Å². The average molecular weight is 405 g/mol. The lowest BCUT2D eigenvalue weighted by Gasteiger charge is -2.16. The number of carbonyl (C=O) groups is 1. The second-order valence-corrected chi connectivity index (χ2v) is 14.2. The number of hydrogen-bond acceptors (Lipinski definition) is 5. The summed E-state index contributed by atoms with van der Waals surface area (Å²) in [5.41, 5.74) is 1.50. The zero-order valence-electron chi connectivity index (χ0n) is 17.1. The molecular formula is C19H32N6O2Si. The zero-order chi connectivity index (χ0) is 20.0. The molecule has 1 saturated heterocycles. The number of fused-ring (bicyclic) bond motifs is 1. The van der Waals surface area contributed by atoms with Crippen LogP contribution in [0.4, 0.5) is 10.6 Å². The van der Waals surface area contributed by atoms with E-state index < -0.39 is 8.07 Å². The van der Waals surface area contributed by atoms with Gasteiger partial charge in [0.05, 0.1) is 6.20 Å². The second kappa shape index (κ2) is 9.49. The number of nitrogens with zero attached hydrogens (tertiary/aromatic N) is 3. The fraction of sp³-hybridized carbons (Fsp3) is 0.632. The third kappa shape index (κ3) is 6.28. The molecule has 0 bridgehead atoms. The summed E-state index contributed by atoms with van der Waals surface area (Å²) in [6.07, 6.45) is 6.52. The van der Waals surface area contributed by atoms with Crippen LogP contribution in [-0.4, -0.2) is 54.4 Å². The highest BCUT2D eigenvalue weighted by molar-refractivity contribution is 6.76. The van der Waals surface area contributed by atoms with Gasteiger partial charge in [-0.05, 0) is 44.5 Å². The standard InChI is InChI=1S/C19H32N6O2Si/c1-28(2,3)12-11-27-14-25-10-7-16-18(25)21-13-17(23-16)24-19(26)22-15-5-4-8-20-9-6-15/h7,10,13,15,20H,4-6,8-9,11-12,14H2,1-3H3,(H2,22,23,24,26). The number of anilines is 1. The van der Waals surface area contributed by atoms with Crippen LogP contribution in [0.5, 0.6) is 0 Å². The summed E-state index contributed by atoms with van der Waals surface area (Å²) in [5, 5.41) is 9.17. The fourth-order valence-electron chi connectivity index (χ4n) is 3.17. The van der Waals surface area contributed by atoms with Crippen LogP contribution >= 0.6 is 0 Å². The SMILES string of the molecule is C[Si](C)(C)CCOCn1ccc2nc(NC(=O)NC3CCCNCC3)cnc21. The summed E-state index contributed by atoms with van der Waals surface area (Å²) in [5.74, 6) is 0.453. The first-order valence-electron chi connectivity index (χ1n) is 10.1. The molecule has 0 radical (unpaired) electrons. The maximum atomic E-state index is 12.3. The van der Waals surface area contributed by atoms with Crippen molar-refractivity contribution < 1.29 is 9.53 Å². The molecule has 2 amide bonds. The third-order valence-electron chi connectivity index (χ3n) is 4.84.